The summed E-state index contributed by atoms with van der Waals surface area (Å²) in [6, 6.07) is 5.07. The largest absolute Gasteiger partial charge is 0.388 e. The molecule has 1 heterocycles. The molecule has 0 saturated carbocycles. The van der Waals surface area contributed by atoms with Gasteiger partial charge in [0.1, 0.15) is 10.7 Å². The molecule has 1 aromatic heterocycles. The normalized spacial score (nSPS) is 10.1. The Morgan fingerprint density at radius 3 is 2.33 bits per heavy atom. The summed E-state index contributed by atoms with van der Waals surface area (Å²) in [4.78, 5) is 8.35. The van der Waals surface area contributed by atoms with Gasteiger partial charge in [0.2, 0.25) is 0 Å². The van der Waals surface area contributed by atoms with E-state index in [2.05, 4.69) is 15.3 Å². The summed E-state index contributed by atoms with van der Waals surface area (Å²) in [5.74, 6) is 0.461. The monoisotopic (exact) mass is 298 g/mol. The Labute approximate surface area is 119 Å². The Morgan fingerprint density at radius 2 is 1.72 bits per heavy atom. The van der Waals surface area contributed by atoms with Crippen LogP contribution in [0.15, 0.2) is 30.6 Å². The Morgan fingerprint density at radius 1 is 1.11 bits per heavy atom. The second-order valence-corrected chi connectivity index (χ2v) is 4.71. The van der Waals surface area contributed by atoms with Crippen molar-refractivity contribution in [1.82, 2.24) is 9.97 Å². The molecule has 0 atom stereocenters. The van der Waals surface area contributed by atoms with Crippen LogP contribution in [-0.4, -0.2) is 15.0 Å². The molecule has 0 radical (unpaired) electrons. The van der Waals surface area contributed by atoms with Crippen molar-refractivity contribution >= 4 is 51.9 Å². The minimum Gasteiger partial charge on any atom is -0.388 e. The maximum Gasteiger partial charge on any atom is 0.159 e. The highest BCUT2D eigenvalue weighted by atomic mass is 35.5. The van der Waals surface area contributed by atoms with Gasteiger partial charge >= 0.3 is 0 Å². The summed E-state index contributed by atoms with van der Waals surface area (Å²) in [6.45, 7) is 0. The molecule has 0 aliphatic rings. The first-order valence-electron chi connectivity index (χ1n) is 4.90. The van der Waals surface area contributed by atoms with E-state index in [9.17, 15) is 0 Å². The number of benzene rings is 1. The summed E-state index contributed by atoms with van der Waals surface area (Å²) >= 11 is 16.7. The number of nitrogens with zero attached hydrogens (tertiary/aromatic N) is 2. The Kier molecular flexibility index (Phi) is 3.96. The fraction of sp³-hybridized carbons (Fsp3) is 0. The van der Waals surface area contributed by atoms with Crippen molar-refractivity contribution in [2.75, 3.05) is 5.32 Å². The van der Waals surface area contributed by atoms with E-state index in [1.165, 1.54) is 12.4 Å². The molecular formula is C11H8Cl2N4S. The lowest BCUT2D eigenvalue weighted by Gasteiger charge is -2.09. The molecule has 7 heteroatoms. The van der Waals surface area contributed by atoms with Gasteiger partial charge in [-0.1, -0.05) is 35.4 Å². The van der Waals surface area contributed by atoms with Gasteiger partial charge in [-0.25, -0.2) is 9.97 Å². The topological polar surface area (TPSA) is 63.8 Å². The third kappa shape index (κ3) is 3.07. The van der Waals surface area contributed by atoms with Gasteiger partial charge in [0.05, 0.1) is 0 Å². The molecule has 0 amide bonds. The van der Waals surface area contributed by atoms with E-state index in [-0.39, 0.29) is 4.99 Å². The van der Waals surface area contributed by atoms with Crippen LogP contribution in [0.1, 0.15) is 5.69 Å². The van der Waals surface area contributed by atoms with E-state index in [0.717, 1.165) is 0 Å². The molecule has 0 saturated heterocycles. The van der Waals surface area contributed by atoms with Crippen LogP contribution in [0.3, 0.4) is 0 Å². The van der Waals surface area contributed by atoms with Crippen LogP contribution >= 0.6 is 35.4 Å². The van der Waals surface area contributed by atoms with E-state index >= 15 is 0 Å². The highest BCUT2D eigenvalue weighted by molar-refractivity contribution is 7.80. The van der Waals surface area contributed by atoms with Crippen molar-refractivity contribution in [3.63, 3.8) is 0 Å². The van der Waals surface area contributed by atoms with E-state index in [1.54, 1.807) is 18.2 Å². The number of thiocarbonyl (C=S) groups is 1. The van der Waals surface area contributed by atoms with E-state index in [4.69, 9.17) is 41.2 Å². The van der Waals surface area contributed by atoms with Crippen molar-refractivity contribution in [2.45, 2.75) is 0 Å². The highest BCUT2D eigenvalue weighted by Gasteiger charge is 2.08. The molecule has 18 heavy (non-hydrogen) atoms. The summed E-state index contributed by atoms with van der Waals surface area (Å²) in [5.41, 5.74) is 6.67. The third-order valence-electron chi connectivity index (χ3n) is 2.06. The molecule has 2 rings (SSSR count). The van der Waals surface area contributed by atoms with E-state index < -0.39 is 0 Å². The average Bonchev–Trinajstić information content (AvgIpc) is 2.27. The minimum absolute atomic E-state index is 0.165. The Balaban J connectivity index is 2.37. The second-order valence-electron chi connectivity index (χ2n) is 3.40. The number of hydrogen-bond acceptors (Lipinski definition) is 4. The lowest BCUT2D eigenvalue weighted by molar-refractivity contribution is 1.18. The molecule has 4 nitrogen and oxygen atoms in total. The standard InChI is InChI=1S/C11H8Cl2N4S/c12-6-3-7(13)5-8(4-6)17-11-9(10(14)18)15-1-2-16-11/h1-5H,(H2,14,18)(H,16,17). The number of hydrogen-bond donors (Lipinski definition) is 2. The second kappa shape index (κ2) is 5.48. The Hall–Kier alpha value is -1.43. The van der Waals surface area contributed by atoms with Crippen molar-refractivity contribution in [3.05, 3.63) is 46.3 Å². The average molecular weight is 299 g/mol. The van der Waals surface area contributed by atoms with Crippen molar-refractivity contribution < 1.29 is 0 Å². The molecule has 0 bridgehead atoms. The van der Waals surface area contributed by atoms with E-state index in [1.807, 2.05) is 0 Å². The van der Waals surface area contributed by atoms with Gasteiger partial charge in [0, 0.05) is 28.1 Å². The summed E-state index contributed by atoms with van der Waals surface area (Å²) in [5, 5.41) is 4.06. The Bertz CT molecular complexity index is 583. The van der Waals surface area contributed by atoms with Gasteiger partial charge in [0.15, 0.2) is 5.82 Å². The van der Waals surface area contributed by atoms with Crippen LogP contribution in [-0.2, 0) is 0 Å². The highest BCUT2D eigenvalue weighted by Crippen LogP contribution is 2.25. The zero-order valence-corrected chi connectivity index (χ0v) is 11.4. The molecule has 3 N–H and O–H groups in total. The lowest BCUT2D eigenvalue weighted by atomic mass is 10.3. The predicted molar refractivity (Wildman–Crippen MR) is 77.7 cm³/mol. The summed E-state index contributed by atoms with van der Waals surface area (Å²) in [7, 11) is 0. The van der Waals surface area contributed by atoms with Crippen LogP contribution < -0.4 is 11.1 Å². The minimum atomic E-state index is 0.165. The molecule has 0 aliphatic heterocycles. The molecular weight excluding hydrogens is 291 g/mol. The fourth-order valence-electron chi connectivity index (χ4n) is 1.37. The lowest BCUT2D eigenvalue weighted by Crippen LogP contribution is -2.14. The fourth-order valence-corrected chi connectivity index (χ4v) is 2.05. The summed E-state index contributed by atoms with van der Waals surface area (Å²) < 4.78 is 0. The van der Waals surface area contributed by atoms with Crippen LogP contribution in [0.5, 0.6) is 0 Å². The van der Waals surface area contributed by atoms with Crippen LogP contribution in [0.4, 0.5) is 11.5 Å². The van der Waals surface area contributed by atoms with Crippen LogP contribution in [0.2, 0.25) is 10.0 Å². The SMILES string of the molecule is NC(=S)c1nccnc1Nc1cc(Cl)cc(Cl)c1. The van der Waals surface area contributed by atoms with Crippen molar-refractivity contribution in [2.24, 2.45) is 5.73 Å². The third-order valence-corrected chi connectivity index (χ3v) is 2.69. The quantitative estimate of drug-likeness (QED) is 0.852. The zero-order chi connectivity index (χ0) is 13.1. The number of anilines is 2. The first-order valence-corrected chi connectivity index (χ1v) is 6.06. The number of nitrogens with two attached hydrogens (primary N) is 1. The number of nitrogens with one attached hydrogen (secondary N) is 1. The number of aromatic nitrogens is 2. The van der Waals surface area contributed by atoms with Gasteiger partial charge in [0.25, 0.3) is 0 Å². The smallest absolute Gasteiger partial charge is 0.159 e. The van der Waals surface area contributed by atoms with Crippen molar-refractivity contribution in [1.29, 1.82) is 0 Å². The molecule has 0 aliphatic carbocycles. The molecule has 1 aromatic carbocycles. The van der Waals surface area contributed by atoms with Gasteiger partial charge in [-0.3, -0.25) is 0 Å². The molecule has 0 spiro atoms. The van der Waals surface area contributed by atoms with Crippen molar-refractivity contribution in [3.8, 4) is 0 Å². The molecule has 0 unspecified atom stereocenters. The molecule has 92 valence electrons. The first kappa shape index (κ1) is 13.0. The maximum absolute atomic E-state index is 5.91. The van der Waals surface area contributed by atoms with Gasteiger partial charge in [-0.15, -0.1) is 0 Å². The predicted octanol–water partition coefficient (Wildman–Crippen LogP) is 3.16. The van der Waals surface area contributed by atoms with E-state index in [0.29, 0.717) is 27.2 Å². The summed E-state index contributed by atoms with van der Waals surface area (Å²) in [6.07, 6.45) is 3.06. The van der Waals surface area contributed by atoms with Crippen LogP contribution in [0.25, 0.3) is 0 Å². The van der Waals surface area contributed by atoms with Crippen LogP contribution in [0, 0.1) is 0 Å². The first-order chi connectivity index (χ1) is 8.56. The number of rotatable bonds is 3. The van der Waals surface area contributed by atoms with Gasteiger partial charge in [-0.05, 0) is 18.2 Å². The maximum atomic E-state index is 5.91. The number of halogens is 2. The molecule has 0 fully saturated rings. The van der Waals surface area contributed by atoms with Gasteiger partial charge < -0.3 is 11.1 Å². The molecule has 2 aromatic rings. The van der Waals surface area contributed by atoms with Gasteiger partial charge in [-0.2, -0.15) is 0 Å². The zero-order valence-electron chi connectivity index (χ0n) is 9.02.